The summed E-state index contributed by atoms with van der Waals surface area (Å²) in [4.78, 5) is 50.5. The van der Waals surface area contributed by atoms with Crippen LogP contribution in [0.25, 0.3) is 0 Å². The Bertz CT molecular complexity index is 843. The van der Waals surface area contributed by atoms with Crippen molar-refractivity contribution in [2.24, 2.45) is 5.92 Å². The molecule has 0 aromatic heterocycles. The van der Waals surface area contributed by atoms with E-state index in [1.165, 1.54) is 0 Å². The highest BCUT2D eigenvalue weighted by molar-refractivity contribution is 6.05. The molecule has 2 heterocycles. The van der Waals surface area contributed by atoms with Gasteiger partial charge < -0.3 is 15.0 Å². The van der Waals surface area contributed by atoms with Crippen molar-refractivity contribution in [1.82, 2.24) is 4.90 Å². The highest BCUT2D eigenvalue weighted by atomic mass is 16.5. The molecule has 1 aromatic carbocycles. The Labute approximate surface area is 163 Å². The summed E-state index contributed by atoms with van der Waals surface area (Å²) in [6.45, 7) is 1.81. The zero-order valence-corrected chi connectivity index (χ0v) is 15.9. The minimum Gasteiger partial charge on any atom is -0.457 e. The first-order chi connectivity index (χ1) is 13.4. The molecule has 2 aliphatic heterocycles. The number of ether oxygens (including phenoxy) is 1. The number of amides is 2. The van der Waals surface area contributed by atoms with Gasteiger partial charge in [0.05, 0.1) is 11.8 Å². The third-order valence-electron chi connectivity index (χ3n) is 6.09. The summed E-state index contributed by atoms with van der Waals surface area (Å²) < 4.78 is 5.22. The summed E-state index contributed by atoms with van der Waals surface area (Å²) in [7, 11) is 0. The number of carbonyl (C=O) groups is 4. The van der Waals surface area contributed by atoms with Crippen molar-refractivity contribution in [1.29, 1.82) is 0 Å². The van der Waals surface area contributed by atoms with E-state index in [1.807, 2.05) is 4.90 Å². The van der Waals surface area contributed by atoms with Gasteiger partial charge in [0.2, 0.25) is 11.8 Å². The van der Waals surface area contributed by atoms with E-state index in [9.17, 15) is 19.2 Å². The molecule has 7 nitrogen and oxygen atoms in total. The van der Waals surface area contributed by atoms with E-state index < -0.39 is 11.9 Å². The Balaban J connectivity index is 1.33. The molecule has 0 bridgehead atoms. The van der Waals surface area contributed by atoms with Gasteiger partial charge in [0.15, 0.2) is 12.4 Å². The zero-order chi connectivity index (χ0) is 19.8. The largest absolute Gasteiger partial charge is 0.457 e. The zero-order valence-electron chi connectivity index (χ0n) is 15.9. The molecule has 0 unspecified atom stereocenters. The van der Waals surface area contributed by atoms with Crippen LogP contribution >= 0.6 is 0 Å². The van der Waals surface area contributed by atoms with Crippen LogP contribution < -0.4 is 5.32 Å². The Morgan fingerprint density at radius 3 is 2.71 bits per heavy atom. The molecule has 2 fully saturated rings. The maximum Gasteiger partial charge on any atom is 0.311 e. The predicted octanol–water partition coefficient (Wildman–Crippen LogP) is 2.26. The van der Waals surface area contributed by atoms with Crippen LogP contribution in [0.3, 0.4) is 0 Å². The summed E-state index contributed by atoms with van der Waals surface area (Å²) >= 11 is 0. The molecule has 4 rings (SSSR count). The lowest BCUT2D eigenvalue weighted by Crippen LogP contribution is -2.35. The third-order valence-corrected chi connectivity index (χ3v) is 6.09. The first-order valence-electron chi connectivity index (χ1n) is 9.88. The molecule has 3 aliphatic rings. The summed E-state index contributed by atoms with van der Waals surface area (Å²) in [6, 6.07) is 5.24. The minimum atomic E-state index is -0.497. The Hall–Kier alpha value is -2.70. The predicted molar refractivity (Wildman–Crippen MR) is 101 cm³/mol. The van der Waals surface area contributed by atoms with Gasteiger partial charge in [-0.1, -0.05) is 12.8 Å². The standard InChI is InChI=1S/C21H24N2O5/c1-12-16-8-13(6-7-17(16)22-20(12)26)18(24)11-28-21(27)14-9-19(25)23(10-14)15-4-2-3-5-15/h6-8,12,14-15H,2-5,9-11H2,1H3,(H,22,26)/t12-,14+/m1/s1. The highest BCUT2D eigenvalue weighted by Gasteiger charge is 2.39. The molecule has 2 atom stereocenters. The molecule has 1 aromatic rings. The lowest BCUT2D eigenvalue weighted by molar-refractivity contribution is -0.147. The lowest BCUT2D eigenvalue weighted by Gasteiger charge is -2.23. The topological polar surface area (TPSA) is 92.8 Å². The van der Waals surface area contributed by atoms with Gasteiger partial charge in [-0.25, -0.2) is 0 Å². The second-order valence-electron chi connectivity index (χ2n) is 7.93. The second kappa shape index (κ2) is 7.37. The van der Waals surface area contributed by atoms with Gasteiger partial charge in [0.25, 0.3) is 0 Å². The molecule has 0 spiro atoms. The van der Waals surface area contributed by atoms with Crippen LogP contribution in [-0.2, 0) is 19.1 Å². The number of esters is 1. The maximum atomic E-state index is 12.4. The van der Waals surface area contributed by atoms with Crippen molar-refractivity contribution < 1.29 is 23.9 Å². The number of fused-ring (bicyclic) bond motifs is 1. The normalized spacial score (nSPS) is 24.4. The van der Waals surface area contributed by atoms with Crippen LogP contribution in [0.5, 0.6) is 0 Å². The van der Waals surface area contributed by atoms with Crippen LogP contribution in [0.2, 0.25) is 0 Å². The number of hydrogen-bond donors (Lipinski definition) is 1. The van der Waals surface area contributed by atoms with E-state index in [0.717, 1.165) is 31.2 Å². The van der Waals surface area contributed by atoms with E-state index in [0.29, 0.717) is 17.8 Å². The van der Waals surface area contributed by atoms with Gasteiger partial charge in [0.1, 0.15) is 0 Å². The summed E-state index contributed by atoms with van der Waals surface area (Å²) in [6.07, 6.45) is 4.41. The van der Waals surface area contributed by atoms with Gasteiger partial charge in [0, 0.05) is 30.3 Å². The van der Waals surface area contributed by atoms with E-state index in [2.05, 4.69) is 5.32 Å². The van der Waals surface area contributed by atoms with Crippen molar-refractivity contribution in [2.75, 3.05) is 18.5 Å². The van der Waals surface area contributed by atoms with Gasteiger partial charge in [-0.3, -0.25) is 19.2 Å². The molecule has 1 saturated carbocycles. The van der Waals surface area contributed by atoms with E-state index in [1.54, 1.807) is 25.1 Å². The van der Waals surface area contributed by atoms with Crippen LogP contribution in [0, 0.1) is 5.92 Å². The number of hydrogen-bond acceptors (Lipinski definition) is 5. The highest BCUT2D eigenvalue weighted by Crippen LogP contribution is 2.33. The minimum absolute atomic E-state index is 0.00459. The van der Waals surface area contributed by atoms with Crippen molar-refractivity contribution in [3.05, 3.63) is 29.3 Å². The van der Waals surface area contributed by atoms with Crippen LogP contribution in [0.15, 0.2) is 18.2 Å². The molecule has 28 heavy (non-hydrogen) atoms. The second-order valence-corrected chi connectivity index (χ2v) is 7.93. The SMILES string of the molecule is C[C@H]1C(=O)Nc2ccc(C(=O)COC(=O)[C@H]3CC(=O)N(C4CCCC4)C3)cc21. The number of rotatable bonds is 5. The molecule has 1 N–H and O–H groups in total. The van der Waals surface area contributed by atoms with Crippen LogP contribution in [0.4, 0.5) is 5.69 Å². The Morgan fingerprint density at radius 2 is 1.96 bits per heavy atom. The third kappa shape index (κ3) is 3.41. The molecular formula is C21H24N2O5. The van der Waals surface area contributed by atoms with Gasteiger partial charge in [-0.2, -0.15) is 0 Å². The number of anilines is 1. The van der Waals surface area contributed by atoms with Crippen molar-refractivity contribution in [2.45, 2.75) is 51.0 Å². The average molecular weight is 384 g/mol. The number of nitrogens with one attached hydrogen (secondary N) is 1. The molecule has 148 valence electrons. The van der Waals surface area contributed by atoms with Gasteiger partial charge in [-0.05, 0) is 43.5 Å². The van der Waals surface area contributed by atoms with Crippen LogP contribution in [-0.4, -0.2) is 47.7 Å². The number of carbonyl (C=O) groups excluding carboxylic acids is 4. The number of nitrogens with zero attached hydrogens (tertiary/aromatic N) is 1. The average Bonchev–Trinajstić information content (AvgIpc) is 3.40. The van der Waals surface area contributed by atoms with E-state index in [-0.39, 0.29) is 42.6 Å². The maximum absolute atomic E-state index is 12.4. The lowest BCUT2D eigenvalue weighted by atomic mass is 9.99. The van der Waals surface area contributed by atoms with E-state index >= 15 is 0 Å². The van der Waals surface area contributed by atoms with Crippen molar-refractivity contribution in [3.63, 3.8) is 0 Å². The van der Waals surface area contributed by atoms with Gasteiger partial charge in [-0.15, -0.1) is 0 Å². The number of Topliss-reactive ketones (excluding diaryl/α,β-unsaturated/α-hetero) is 1. The molecule has 2 amide bonds. The summed E-state index contributed by atoms with van der Waals surface area (Å²) in [5, 5.41) is 2.76. The first-order valence-corrected chi connectivity index (χ1v) is 9.88. The smallest absolute Gasteiger partial charge is 0.311 e. The van der Waals surface area contributed by atoms with Crippen LogP contribution in [0.1, 0.15) is 60.9 Å². The fourth-order valence-electron chi connectivity index (χ4n) is 4.39. The summed E-state index contributed by atoms with van der Waals surface area (Å²) in [5.74, 6) is -1.71. The quantitative estimate of drug-likeness (QED) is 0.621. The molecule has 7 heteroatoms. The number of benzene rings is 1. The summed E-state index contributed by atoms with van der Waals surface area (Å²) in [5.41, 5.74) is 1.89. The molecule has 1 aliphatic carbocycles. The fourth-order valence-corrected chi connectivity index (χ4v) is 4.39. The van der Waals surface area contributed by atoms with Crippen molar-refractivity contribution >= 4 is 29.3 Å². The molecule has 0 radical (unpaired) electrons. The Kier molecular flexibility index (Phi) is 4.91. The van der Waals surface area contributed by atoms with Crippen molar-refractivity contribution in [3.8, 4) is 0 Å². The molecule has 1 saturated heterocycles. The Morgan fingerprint density at radius 1 is 1.21 bits per heavy atom. The number of likely N-dealkylation sites (tertiary alicyclic amines) is 1. The fraction of sp³-hybridized carbons (Fsp3) is 0.524. The number of ketones is 1. The van der Waals surface area contributed by atoms with E-state index in [4.69, 9.17) is 4.74 Å². The van der Waals surface area contributed by atoms with Gasteiger partial charge >= 0.3 is 5.97 Å². The molecular weight excluding hydrogens is 360 g/mol. The first kappa shape index (κ1) is 18.7. The monoisotopic (exact) mass is 384 g/mol.